The van der Waals surface area contributed by atoms with Crippen molar-refractivity contribution in [3.8, 4) is 0 Å². The van der Waals surface area contributed by atoms with Gasteiger partial charge in [0.05, 0.1) is 4.88 Å². The van der Waals surface area contributed by atoms with Crippen LogP contribution >= 0.6 is 11.3 Å². The highest BCUT2D eigenvalue weighted by Gasteiger charge is 2.27. The van der Waals surface area contributed by atoms with Crippen molar-refractivity contribution in [3.05, 3.63) is 21.4 Å². The van der Waals surface area contributed by atoms with Gasteiger partial charge in [-0.2, -0.15) is 0 Å². The molecular formula is C14H22N2OS. The zero-order valence-electron chi connectivity index (χ0n) is 11.2. The van der Waals surface area contributed by atoms with Gasteiger partial charge in [0.1, 0.15) is 0 Å². The summed E-state index contributed by atoms with van der Waals surface area (Å²) in [6, 6.07) is 2.08. The molecule has 0 unspecified atom stereocenters. The predicted octanol–water partition coefficient (Wildman–Crippen LogP) is 2.43. The van der Waals surface area contributed by atoms with Crippen LogP contribution < -0.4 is 5.73 Å². The summed E-state index contributed by atoms with van der Waals surface area (Å²) in [5.41, 5.74) is 7.00. The van der Waals surface area contributed by atoms with Crippen LogP contribution in [0.1, 0.15) is 39.9 Å². The van der Waals surface area contributed by atoms with Gasteiger partial charge in [-0.25, -0.2) is 0 Å². The smallest absolute Gasteiger partial charge is 0.263 e. The van der Waals surface area contributed by atoms with Gasteiger partial charge in [-0.1, -0.05) is 13.3 Å². The first-order valence-electron chi connectivity index (χ1n) is 6.74. The van der Waals surface area contributed by atoms with Gasteiger partial charge in [0.2, 0.25) is 0 Å². The summed E-state index contributed by atoms with van der Waals surface area (Å²) >= 11 is 1.64. The number of carbonyl (C=O) groups excluding carboxylic acids is 1. The zero-order valence-corrected chi connectivity index (χ0v) is 12.1. The van der Waals surface area contributed by atoms with Crippen molar-refractivity contribution in [2.75, 3.05) is 19.6 Å². The summed E-state index contributed by atoms with van der Waals surface area (Å²) in [6.45, 7) is 6.66. The first kappa shape index (κ1) is 13.6. The molecule has 0 radical (unpaired) electrons. The minimum Gasteiger partial charge on any atom is -0.338 e. The summed E-state index contributed by atoms with van der Waals surface area (Å²) in [6.07, 6.45) is 3.25. The number of carbonyl (C=O) groups is 1. The Balaban J connectivity index is 2.07. The lowest BCUT2D eigenvalue weighted by molar-refractivity contribution is 0.0792. The van der Waals surface area contributed by atoms with Crippen molar-refractivity contribution < 1.29 is 4.79 Å². The van der Waals surface area contributed by atoms with Crippen molar-refractivity contribution >= 4 is 17.2 Å². The molecule has 1 aromatic heterocycles. The normalized spacial score (nSPS) is 19.5. The fraction of sp³-hybridized carbons (Fsp3) is 0.643. The number of amides is 1. The van der Waals surface area contributed by atoms with E-state index in [2.05, 4.69) is 19.9 Å². The van der Waals surface area contributed by atoms with E-state index in [1.165, 1.54) is 10.4 Å². The van der Waals surface area contributed by atoms with Crippen LogP contribution in [0, 0.1) is 12.8 Å². The highest BCUT2D eigenvalue weighted by Crippen LogP contribution is 2.26. The molecule has 2 heterocycles. The molecule has 2 rings (SSSR count). The zero-order chi connectivity index (χ0) is 13.1. The summed E-state index contributed by atoms with van der Waals surface area (Å²) in [5.74, 6) is 0.687. The van der Waals surface area contributed by atoms with E-state index in [4.69, 9.17) is 5.73 Å². The van der Waals surface area contributed by atoms with E-state index in [0.29, 0.717) is 12.5 Å². The van der Waals surface area contributed by atoms with Crippen molar-refractivity contribution in [2.45, 2.75) is 33.1 Å². The topological polar surface area (TPSA) is 46.3 Å². The molecule has 100 valence electrons. The Kier molecular flexibility index (Phi) is 4.40. The molecule has 1 amide bonds. The van der Waals surface area contributed by atoms with Crippen LogP contribution in [0.3, 0.4) is 0 Å². The Labute approximate surface area is 113 Å². The number of aryl methyl sites for hydroxylation is 2. The minimum atomic E-state index is 0.196. The fourth-order valence-corrected chi connectivity index (χ4v) is 3.55. The highest BCUT2D eigenvalue weighted by molar-refractivity contribution is 7.14. The standard InChI is InChI=1S/C14H22N2OS/c1-3-4-12-7-13(18-10(12)2)14(17)16-6-5-11(8-15)9-16/h7,11H,3-6,8-9,15H2,1-2H3/t11-/m0/s1. The maximum absolute atomic E-state index is 12.4. The molecule has 1 saturated heterocycles. The lowest BCUT2D eigenvalue weighted by Gasteiger charge is -2.14. The fourth-order valence-electron chi connectivity index (χ4n) is 2.51. The number of hydrogen-bond acceptors (Lipinski definition) is 3. The Bertz CT molecular complexity index is 427. The Hall–Kier alpha value is -0.870. The molecule has 0 aromatic carbocycles. The first-order valence-corrected chi connectivity index (χ1v) is 7.56. The maximum Gasteiger partial charge on any atom is 0.263 e. The molecular weight excluding hydrogens is 244 g/mol. The second-order valence-electron chi connectivity index (χ2n) is 5.08. The molecule has 1 aliphatic heterocycles. The number of nitrogens with two attached hydrogens (primary N) is 1. The monoisotopic (exact) mass is 266 g/mol. The van der Waals surface area contributed by atoms with Gasteiger partial charge in [-0.3, -0.25) is 4.79 Å². The molecule has 0 saturated carbocycles. The van der Waals surface area contributed by atoms with Crippen LogP contribution in [0.4, 0.5) is 0 Å². The van der Waals surface area contributed by atoms with Crippen LogP contribution in [-0.2, 0) is 6.42 Å². The van der Waals surface area contributed by atoms with Gasteiger partial charge >= 0.3 is 0 Å². The summed E-state index contributed by atoms with van der Waals surface area (Å²) in [5, 5.41) is 0. The van der Waals surface area contributed by atoms with Crippen LogP contribution in [0.5, 0.6) is 0 Å². The molecule has 0 aliphatic carbocycles. The Morgan fingerprint density at radius 3 is 3.00 bits per heavy atom. The molecule has 4 heteroatoms. The van der Waals surface area contributed by atoms with E-state index in [1.54, 1.807) is 11.3 Å². The number of rotatable bonds is 4. The highest BCUT2D eigenvalue weighted by atomic mass is 32.1. The van der Waals surface area contributed by atoms with Gasteiger partial charge in [-0.05, 0) is 43.9 Å². The van der Waals surface area contributed by atoms with Gasteiger partial charge < -0.3 is 10.6 Å². The van der Waals surface area contributed by atoms with E-state index in [9.17, 15) is 4.79 Å². The van der Waals surface area contributed by atoms with E-state index in [-0.39, 0.29) is 5.91 Å². The number of thiophene rings is 1. The SMILES string of the molecule is CCCc1cc(C(=O)N2CC[C@@H](CN)C2)sc1C. The minimum absolute atomic E-state index is 0.196. The van der Waals surface area contributed by atoms with E-state index in [0.717, 1.165) is 37.2 Å². The molecule has 0 bridgehead atoms. The summed E-state index contributed by atoms with van der Waals surface area (Å²) in [4.78, 5) is 16.5. The largest absolute Gasteiger partial charge is 0.338 e. The second-order valence-corrected chi connectivity index (χ2v) is 6.34. The summed E-state index contributed by atoms with van der Waals surface area (Å²) in [7, 11) is 0. The van der Waals surface area contributed by atoms with Crippen molar-refractivity contribution in [3.63, 3.8) is 0 Å². The third kappa shape index (κ3) is 2.75. The van der Waals surface area contributed by atoms with Gasteiger partial charge in [0.15, 0.2) is 0 Å². The van der Waals surface area contributed by atoms with Crippen LogP contribution in [0.2, 0.25) is 0 Å². The molecule has 3 nitrogen and oxygen atoms in total. The van der Waals surface area contributed by atoms with E-state index in [1.807, 2.05) is 4.90 Å². The Morgan fingerprint density at radius 2 is 2.39 bits per heavy atom. The average molecular weight is 266 g/mol. The third-order valence-corrected chi connectivity index (χ3v) is 4.74. The van der Waals surface area contributed by atoms with Crippen molar-refractivity contribution in [1.29, 1.82) is 0 Å². The predicted molar refractivity (Wildman–Crippen MR) is 76.1 cm³/mol. The molecule has 18 heavy (non-hydrogen) atoms. The maximum atomic E-state index is 12.4. The number of hydrogen-bond donors (Lipinski definition) is 1. The second kappa shape index (κ2) is 5.85. The van der Waals surface area contributed by atoms with Gasteiger partial charge in [-0.15, -0.1) is 11.3 Å². The van der Waals surface area contributed by atoms with E-state index >= 15 is 0 Å². The molecule has 0 spiro atoms. The van der Waals surface area contributed by atoms with Crippen LogP contribution in [-0.4, -0.2) is 30.4 Å². The lowest BCUT2D eigenvalue weighted by atomic mass is 10.1. The molecule has 1 aliphatic rings. The van der Waals surface area contributed by atoms with Crippen LogP contribution in [0.15, 0.2) is 6.07 Å². The van der Waals surface area contributed by atoms with Crippen LogP contribution in [0.25, 0.3) is 0 Å². The van der Waals surface area contributed by atoms with Crippen molar-refractivity contribution in [1.82, 2.24) is 4.90 Å². The lowest BCUT2D eigenvalue weighted by Crippen LogP contribution is -2.29. The molecule has 2 N–H and O–H groups in total. The first-order chi connectivity index (χ1) is 8.65. The molecule has 1 fully saturated rings. The van der Waals surface area contributed by atoms with Gasteiger partial charge in [0, 0.05) is 18.0 Å². The number of likely N-dealkylation sites (tertiary alicyclic amines) is 1. The van der Waals surface area contributed by atoms with E-state index < -0.39 is 0 Å². The molecule has 1 aromatic rings. The Morgan fingerprint density at radius 1 is 1.61 bits per heavy atom. The third-order valence-electron chi connectivity index (χ3n) is 3.66. The van der Waals surface area contributed by atoms with Crippen molar-refractivity contribution in [2.24, 2.45) is 11.7 Å². The number of nitrogens with zero attached hydrogens (tertiary/aromatic N) is 1. The average Bonchev–Trinajstić information content (AvgIpc) is 2.96. The quantitative estimate of drug-likeness (QED) is 0.910. The van der Waals surface area contributed by atoms with Gasteiger partial charge in [0.25, 0.3) is 5.91 Å². The summed E-state index contributed by atoms with van der Waals surface area (Å²) < 4.78 is 0. The molecule has 1 atom stereocenters.